The van der Waals surface area contributed by atoms with E-state index in [4.69, 9.17) is 28.9 Å². The van der Waals surface area contributed by atoms with Gasteiger partial charge in [0.15, 0.2) is 0 Å². The lowest BCUT2D eigenvalue weighted by molar-refractivity contribution is 0.262. The Bertz CT molecular complexity index is 195. The van der Waals surface area contributed by atoms with Crippen molar-refractivity contribution in [1.29, 1.82) is 0 Å². The molecule has 0 unspecified atom stereocenters. The van der Waals surface area contributed by atoms with Gasteiger partial charge in [-0.3, -0.25) is 0 Å². The third kappa shape index (κ3) is 2.87. The van der Waals surface area contributed by atoms with Crippen LogP contribution in [0.4, 0.5) is 0 Å². The zero-order valence-corrected chi connectivity index (χ0v) is 9.54. The van der Waals surface area contributed by atoms with Crippen LogP contribution in [-0.2, 0) is 0 Å². The summed E-state index contributed by atoms with van der Waals surface area (Å²) in [7, 11) is 0. The van der Waals surface area contributed by atoms with Gasteiger partial charge in [-0.15, -0.1) is 0 Å². The van der Waals surface area contributed by atoms with Gasteiger partial charge in [0, 0.05) is 16.6 Å². The molecule has 1 atom stereocenters. The molecule has 2 N–H and O–H groups in total. The van der Waals surface area contributed by atoms with Crippen molar-refractivity contribution in [1.82, 2.24) is 0 Å². The molecule has 76 valence electrons. The van der Waals surface area contributed by atoms with Gasteiger partial charge in [0.2, 0.25) is 0 Å². The summed E-state index contributed by atoms with van der Waals surface area (Å²) < 4.78 is 0. The quantitative estimate of drug-likeness (QED) is 0.775. The minimum absolute atomic E-state index is 0.150. The maximum absolute atomic E-state index is 6.11. The van der Waals surface area contributed by atoms with Crippen molar-refractivity contribution in [3.63, 3.8) is 0 Å². The van der Waals surface area contributed by atoms with Gasteiger partial charge in [0.25, 0.3) is 0 Å². The van der Waals surface area contributed by atoms with Crippen LogP contribution in [0, 0.1) is 5.41 Å². The minimum atomic E-state index is 0.150. The first kappa shape index (κ1) is 11.4. The maximum Gasteiger partial charge on any atom is 0.0309 e. The zero-order valence-electron chi connectivity index (χ0n) is 8.02. The van der Waals surface area contributed by atoms with Gasteiger partial charge in [-0.1, -0.05) is 43.0 Å². The molecule has 0 bridgehead atoms. The van der Waals surface area contributed by atoms with Crippen LogP contribution in [0.2, 0.25) is 0 Å². The molecule has 13 heavy (non-hydrogen) atoms. The summed E-state index contributed by atoms with van der Waals surface area (Å²) in [6.07, 6.45) is 5.75. The normalized spacial score (nSPS) is 24.8. The standard InChI is InChI=1S/C10H17Cl2N/c1-10(4-2-3-5-10)9(13)6-8(12)7-11/h7,9H,2-6,13H2,1H3/b8-7-/t9-/m1/s1. The average molecular weight is 222 g/mol. The molecule has 1 nitrogen and oxygen atoms in total. The first-order valence-corrected chi connectivity index (χ1v) is 5.60. The van der Waals surface area contributed by atoms with Crippen molar-refractivity contribution >= 4 is 23.2 Å². The monoisotopic (exact) mass is 221 g/mol. The Kier molecular flexibility index (Phi) is 4.08. The molecule has 0 spiro atoms. The number of hydrogen-bond donors (Lipinski definition) is 1. The van der Waals surface area contributed by atoms with Crippen LogP contribution in [-0.4, -0.2) is 6.04 Å². The average Bonchev–Trinajstić information content (AvgIpc) is 2.53. The van der Waals surface area contributed by atoms with Gasteiger partial charge in [-0.2, -0.15) is 0 Å². The SMILES string of the molecule is CC1([C@H](N)C/C(Cl)=C/Cl)CCCC1. The molecule has 1 fully saturated rings. The van der Waals surface area contributed by atoms with Crippen LogP contribution in [0.25, 0.3) is 0 Å². The van der Waals surface area contributed by atoms with E-state index in [0.29, 0.717) is 11.5 Å². The fraction of sp³-hybridized carbons (Fsp3) is 0.800. The Labute approximate surface area is 90.3 Å². The van der Waals surface area contributed by atoms with E-state index < -0.39 is 0 Å². The highest BCUT2D eigenvalue weighted by atomic mass is 35.5. The maximum atomic E-state index is 6.11. The number of halogens is 2. The lowest BCUT2D eigenvalue weighted by atomic mass is 9.79. The molecule has 1 rings (SSSR count). The highest BCUT2D eigenvalue weighted by Crippen LogP contribution is 2.41. The third-order valence-corrected chi connectivity index (χ3v) is 3.81. The molecule has 3 heteroatoms. The Morgan fingerprint density at radius 3 is 2.54 bits per heavy atom. The molecule has 0 aliphatic heterocycles. The van der Waals surface area contributed by atoms with Crippen molar-refractivity contribution in [3.05, 3.63) is 10.6 Å². The van der Waals surface area contributed by atoms with Gasteiger partial charge in [-0.25, -0.2) is 0 Å². The predicted molar refractivity (Wildman–Crippen MR) is 59.0 cm³/mol. The van der Waals surface area contributed by atoms with E-state index in [1.807, 2.05) is 0 Å². The molecule has 0 aromatic carbocycles. The third-order valence-electron chi connectivity index (χ3n) is 3.17. The molecule has 1 aliphatic rings. The summed E-state index contributed by atoms with van der Waals surface area (Å²) in [5, 5.41) is 0.669. The Morgan fingerprint density at radius 1 is 1.54 bits per heavy atom. The molecule has 0 heterocycles. The lowest BCUT2D eigenvalue weighted by Gasteiger charge is -2.30. The molecule has 1 saturated carbocycles. The first-order valence-electron chi connectivity index (χ1n) is 4.79. The topological polar surface area (TPSA) is 26.0 Å². The van der Waals surface area contributed by atoms with Crippen LogP contribution in [0.1, 0.15) is 39.0 Å². The fourth-order valence-corrected chi connectivity index (χ4v) is 2.31. The number of nitrogens with two attached hydrogens (primary N) is 1. The van der Waals surface area contributed by atoms with Crippen molar-refractivity contribution in [3.8, 4) is 0 Å². The van der Waals surface area contributed by atoms with E-state index in [1.165, 1.54) is 31.2 Å². The Balaban J connectivity index is 2.51. The summed E-state index contributed by atoms with van der Waals surface area (Å²) in [6.45, 7) is 2.25. The van der Waals surface area contributed by atoms with Gasteiger partial charge in [0.1, 0.15) is 0 Å². The van der Waals surface area contributed by atoms with Crippen molar-refractivity contribution in [2.24, 2.45) is 11.1 Å². The fourth-order valence-electron chi connectivity index (χ4n) is 2.05. The Morgan fingerprint density at radius 2 is 2.08 bits per heavy atom. The van der Waals surface area contributed by atoms with Gasteiger partial charge in [0.05, 0.1) is 0 Å². The van der Waals surface area contributed by atoms with Crippen LogP contribution in [0.3, 0.4) is 0 Å². The van der Waals surface area contributed by atoms with Crippen LogP contribution in [0.5, 0.6) is 0 Å². The van der Waals surface area contributed by atoms with Crippen molar-refractivity contribution in [2.75, 3.05) is 0 Å². The number of rotatable bonds is 3. The van der Waals surface area contributed by atoms with E-state index in [9.17, 15) is 0 Å². The second kappa shape index (κ2) is 4.68. The summed E-state index contributed by atoms with van der Waals surface area (Å²) in [4.78, 5) is 0. The van der Waals surface area contributed by atoms with Gasteiger partial charge >= 0.3 is 0 Å². The molecule has 1 aliphatic carbocycles. The molecule has 0 radical (unpaired) electrons. The predicted octanol–water partition coefficient (Wildman–Crippen LogP) is 3.60. The summed E-state index contributed by atoms with van der Waals surface area (Å²) in [5.41, 5.74) is 7.80. The van der Waals surface area contributed by atoms with Gasteiger partial charge < -0.3 is 5.73 Å². The molecular weight excluding hydrogens is 205 g/mol. The largest absolute Gasteiger partial charge is 0.327 e. The summed E-state index contributed by atoms with van der Waals surface area (Å²) in [6, 6.07) is 0.150. The Hall–Kier alpha value is 0.280. The summed E-state index contributed by atoms with van der Waals surface area (Å²) in [5.74, 6) is 0. The second-order valence-corrected chi connectivity index (χ2v) is 4.93. The van der Waals surface area contributed by atoms with Crippen molar-refractivity contribution in [2.45, 2.75) is 45.1 Å². The first-order chi connectivity index (χ1) is 6.08. The zero-order chi connectivity index (χ0) is 9.90. The summed E-state index contributed by atoms with van der Waals surface area (Å²) >= 11 is 11.3. The van der Waals surface area contributed by atoms with Gasteiger partial charge in [-0.05, 0) is 24.7 Å². The van der Waals surface area contributed by atoms with E-state index in [1.54, 1.807) is 0 Å². The highest BCUT2D eigenvalue weighted by Gasteiger charge is 2.34. The molecule has 0 saturated heterocycles. The van der Waals surface area contributed by atoms with E-state index >= 15 is 0 Å². The van der Waals surface area contributed by atoms with Crippen LogP contribution >= 0.6 is 23.2 Å². The smallest absolute Gasteiger partial charge is 0.0309 e. The van der Waals surface area contributed by atoms with Crippen LogP contribution < -0.4 is 5.73 Å². The van der Waals surface area contributed by atoms with E-state index in [2.05, 4.69) is 6.92 Å². The molecule has 0 aromatic heterocycles. The van der Waals surface area contributed by atoms with E-state index in [0.717, 1.165) is 0 Å². The lowest BCUT2D eigenvalue weighted by Crippen LogP contribution is -2.37. The molecule has 0 aromatic rings. The molecular formula is C10H17Cl2N. The molecule has 0 amide bonds. The highest BCUT2D eigenvalue weighted by molar-refractivity contribution is 6.36. The second-order valence-electron chi connectivity index (χ2n) is 4.23. The van der Waals surface area contributed by atoms with E-state index in [-0.39, 0.29) is 11.5 Å². The minimum Gasteiger partial charge on any atom is -0.327 e. The van der Waals surface area contributed by atoms with Crippen molar-refractivity contribution < 1.29 is 0 Å². The van der Waals surface area contributed by atoms with Crippen LogP contribution in [0.15, 0.2) is 10.6 Å². The number of hydrogen-bond acceptors (Lipinski definition) is 1.